The van der Waals surface area contributed by atoms with Crippen molar-refractivity contribution in [3.05, 3.63) is 41.7 Å². The number of likely N-dealkylation sites (N-methyl/N-ethyl adjacent to an activating group) is 1. The van der Waals surface area contributed by atoms with Crippen LogP contribution in [0.3, 0.4) is 0 Å². The molecule has 7 heteroatoms. The molecule has 2 rings (SSSR count). The minimum atomic E-state index is -0.903. The number of amides is 1. The number of nitrogens with zero attached hydrogens (tertiary/aromatic N) is 2. The van der Waals surface area contributed by atoms with E-state index in [4.69, 9.17) is 5.73 Å². The van der Waals surface area contributed by atoms with Crippen LogP contribution < -0.4 is 11.1 Å². The first-order valence-corrected chi connectivity index (χ1v) is 8.38. The number of hydrogen-bond acceptors (Lipinski definition) is 6. The molecule has 0 aliphatic carbocycles. The van der Waals surface area contributed by atoms with E-state index in [0.29, 0.717) is 12.3 Å². The van der Waals surface area contributed by atoms with E-state index in [1.54, 1.807) is 0 Å². The van der Waals surface area contributed by atoms with E-state index in [9.17, 15) is 4.79 Å². The molecule has 5 nitrogen and oxygen atoms in total. The third kappa shape index (κ3) is 3.61. The van der Waals surface area contributed by atoms with Gasteiger partial charge in [0, 0.05) is 5.75 Å². The zero-order valence-corrected chi connectivity index (χ0v) is 13.6. The minimum absolute atomic E-state index is 0.385. The number of carbonyl (C=O) groups excluding carboxylic acids is 1. The summed E-state index contributed by atoms with van der Waals surface area (Å²) in [7, 11) is 0. The summed E-state index contributed by atoms with van der Waals surface area (Å²) in [6.45, 7) is 4.46. The number of benzene rings is 1. The SMILES string of the molecule is CCNC(CSc1nc(C)ns1)(C(N)=O)c1ccccc1. The Hall–Kier alpha value is -1.44. The van der Waals surface area contributed by atoms with Crippen molar-refractivity contribution >= 4 is 29.2 Å². The molecule has 1 unspecified atom stereocenters. The quantitative estimate of drug-likeness (QED) is 0.761. The number of aryl methyl sites for hydroxylation is 1. The number of thioether (sulfide) groups is 1. The zero-order valence-electron chi connectivity index (χ0n) is 12.0. The molecule has 0 spiro atoms. The molecule has 1 heterocycles. The smallest absolute Gasteiger partial charge is 0.243 e. The molecule has 1 aromatic heterocycles. The van der Waals surface area contributed by atoms with Gasteiger partial charge in [0.2, 0.25) is 5.91 Å². The van der Waals surface area contributed by atoms with Crippen LogP contribution in [0.1, 0.15) is 18.3 Å². The molecule has 0 bridgehead atoms. The normalized spacial score (nSPS) is 13.8. The van der Waals surface area contributed by atoms with E-state index >= 15 is 0 Å². The molecule has 0 fully saturated rings. The van der Waals surface area contributed by atoms with Crippen LogP contribution in [0.5, 0.6) is 0 Å². The molecule has 3 N–H and O–H groups in total. The van der Waals surface area contributed by atoms with E-state index in [2.05, 4.69) is 14.7 Å². The van der Waals surface area contributed by atoms with Crippen molar-refractivity contribution in [2.45, 2.75) is 23.7 Å². The lowest BCUT2D eigenvalue weighted by Gasteiger charge is -2.31. The topological polar surface area (TPSA) is 80.9 Å². The first-order valence-electron chi connectivity index (χ1n) is 6.62. The summed E-state index contributed by atoms with van der Waals surface area (Å²) in [5.41, 5.74) is 5.68. The molecular formula is C14H18N4OS2. The van der Waals surface area contributed by atoms with Gasteiger partial charge in [-0.3, -0.25) is 10.1 Å². The third-order valence-corrected chi connectivity index (χ3v) is 5.18. The van der Waals surface area contributed by atoms with Crippen LogP contribution >= 0.6 is 23.3 Å². The summed E-state index contributed by atoms with van der Waals surface area (Å²) < 4.78 is 4.99. The highest BCUT2D eigenvalue weighted by atomic mass is 32.2. The van der Waals surface area contributed by atoms with Crippen LogP contribution in [0.2, 0.25) is 0 Å². The monoisotopic (exact) mass is 322 g/mol. The van der Waals surface area contributed by atoms with E-state index in [1.807, 2.05) is 44.2 Å². The Balaban J connectivity index is 2.28. The van der Waals surface area contributed by atoms with Gasteiger partial charge in [-0.1, -0.05) is 49.0 Å². The third-order valence-electron chi connectivity index (χ3n) is 3.09. The summed E-state index contributed by atoms with van der Waals surface area (Å²) in [5.74, 6) is 0.842. The molecule has 0 saturated carbocycles. The Bertz CT molecular complexity index is 602. The number of nitrogens with one attached hydrogen (secondary N) is 1. The van der Waals surface area contributed by atoms with Gasteiger partial charge < -0.3 is 5.73 Å². The Morgan fingerprint density at radius 2 is 2.14 bits per heavy atom. The Morgan fingerprint density at radius 1 is 1.43 bits per heavy atom. The number of hydrogen-bond donors (Lipinski definition) is 2. The van der Waals surface area contributed by atoms with E-state index in [-0.39, 0.29) is 5.91 Å². The molecule has 0 aliphatic heterocycles. The highest BCUT2D eigenvalue weighted by Crippen LogP contribution is 2.30. The largest absolute Gasteiger partial charge is 0.368 e. The lowest BCUT2D eigenvalue weighted by Crippen LogP contribution is -2.54. The van der Waals surface area contributed by atoms with Gasteiger partial charge >= 0.3 is 0 Å². The minimum Gasteiger partial charge on any atom is -0.368 e. The Labute approximate surface area is 132 Å². The molecule has 112 valence electrons. The van der Waals surface area contributed by atoms with Crippen molar-refractivity contribution in [3.63, 3.8) is 0 Å². The second-order valence-corrected chi connectivity index (χ2v) is 6.54. The van der Waals surface area contributed by atoms with Crippen LogP contribution in [0.25, 0.3) is 0 Å². The van der Waals surface area contributed by atoms with Gasteiger partial charge in [0.15, 0.2) is 4.34 Å². The standard InChI is InChI=1S/C14H18N4OS2/c1-3-16-14(12(15)19,11-7-5-4-6-8-11)9-20-13-17-10(2)18-21-13/h4-8,16H,3,9H2,1-2H3,(H2,15,19). The fourth-order valence-electron chi connectivity index (χ4n) is 2.07. The van der Waals surface area contributed by atoms with E-state index in [1.165, 1.54) is 23.3 Å². The predicted molar refractivity (Wildman–Crippen MR) is 86.4 cm³/mol. The number of aromatic nitrogens is 2. The highest BCUT2D eigenvalue weighted by molar-refractivity contribution is 8.01. The number of carbonyl (C=O) groups is 1. The maximum Gasteiger partial charge on any atom is 0.243 e. The second kappa shape index (κ2) is 7.02. The van der Waals surface area contributed by atoms with Gasteiger partial charge in [-0.25, -0.2) is 4.98 Å². The van der Waals surface area contributed by atoms with Crippen LogP contribution in [0.15, 0.2) is 34.7 Å². The summed E-state index contributed by atoms with van der Waals surface area (Å²) in [6, 6.07) is 9.56. The van der Waals surface area contributed by atoms with E-state index in [0.717, 1.165) is 15.7 Å². The average molecular weight is 322 g/mol. The van der Waals surface area contributed by atoms with Gasteiger partial charge in [0.25, 0.3) is 0 Å². The van der Waals surface area contributed by atoms with Gasteiger partial charge in [0.05, 0.1) is 0 Å². The molecule has 21 heavy (non-hydrogen) atoms. The van der Waals surface area contributed by atoms with Gasteiger partial charge in [-0.2, -0.15) is 4.37 Å². The molecule has 0 aliphatic rings. The van der Waals surface area contributed by atoms with Crippen LogP contribution in [0, 0.1) is 6.92 Å². The summed E-state index contributed by atoms with van der Waals surface area (Å²) in [5, 5.41) is 3.25. The Kier molecular flexibility index (Phi) is 5.33. The maximum atomic E-state index is 12.2. The summed E-state index contributed by atoms with van der Waals surface area (Å²) in [6.07, 6.45) is 0. The van der Waals surface area contributed by atoms with Crippen LogP contribution in [0.4, 0.5) is 0 Å². The maximum absolute atomic E-state index is 12.2. The highest BCUT2D eigenvalue weighted by Gasteiger charge is 2.38. The molecule has 1 amide bonds. The van der Waals surface area contributed by atoms with E-state index < -0.39 is 5.54 Å². The molecule has 1 atom stereocenters. The number of primary amides is 1. The van der Waals surface area contributed by atoms with Crippen molar-refractivity contribution < 1.29 is 4.79 Å². The Morgan fingerprint density at radius 3 is 2.67 bits per heavy atom. The predicted octanol–water partition coefficient (Wildman–Crippen LogP) is 1.93. The second-order valence-electron chi connectivity index (χ2n) is 4.56. The van der Waals surface area contributed by atoms with Crippen molar-refractivity contribution in [3.8, 4) is 0 Å². The summed E-state index contributed by atoms with van der Waals surface area (Å²) in [4.78, 5) is 16.5. The molecule has 2 aromatic rings. The summed E-state index contributed by atoms with van der Waals surface area (Å²) >= 11 is 2.83. The van der Waals surface area contributed by atoms with Crippen molar-refractivity contribution in [2.75, 3.05) is 12.3 Å². The van der Waals surface area contributed by atoms with Gasteiger partial charge in [-0.05, 0) is 30.6 Å². The fraction of sp³-hybridized carbons (Fsp3) is 0.357. The molecule has 0 radical (unpaired) electrons. The van der Waals surface area contributed by atoms with Crippen LogP contribution in [-0.4, -0.2) is 27.6 Å². The molecule has 0 saturated heterocycles. The number of nitrogens with two attached hydrogens (primary N) is 1. The lowest BCUT2D eigenvalue weighted by molar-refractivity contribution is -0.123. The van der Waals surface area contributed by atoms with Gasteiger partial charge in [0.1, 0.15) is 11.4 Å². The fourth-order valence-corrected chi connectivity index (χ4v) is 3.94. The van der Waals surface area contributed by atoms with Gasteiger partial charge in [-0.15, -0.1) is 0 Å². The first kappa shape index (κ1) is 15.9. The number of rotatable bonds is 7. The molecular weight excluding hydrogens is 304 g/mol. The van der Waals surface area contributed by atoms with Crippen molar-refractivity contribution in [1.82, 2.24) is 14.7 Å². The van der Waals surface area contributed by atoms with Crippen LogP contribution in [-0.2, 0) is 10.3 Å². The lowest BCUT2D eigenvalue weighted by atomic mass is 9.91. The molecule has 1 aromatic carbocycles. The van der Waals surface area contributed by atoms with Crippen molar-refractivity contribution in [2.24, 2.45) is 5.73 Å². The zero-order chi connectivity index (χ0) is 15.3. The first-order chi connectivity index (χ1) is 10.1. The average Bonchev–Trinajstić information content (AvgIpc) is 2.90. The van der Waals surface area contributed by atoms with Crippen molar-refractivity contribution in [1.29, 1.82) is 0 Å².